The molecule has 0 radical (unpaired) electrons. The number of hydrogen-bond acceptors (Lipinski definition) is 11. The molecule has 0 saturated heterocycles. The fourth-order valence-corrected chi connectivity index (χ4v) is 7.10. The SMILES string of the molecule is COc1ccc2cc1Oc1ccc(cc1)C(=O)[C@H]1c3cc(OC)c(OC)c(c3CCN1C)Oc1c(OC)c(OC)cc3c1[C@@H](NCC3)C2=O. The van der Waals surface area contributed by atoms with E-state index in [4.69, 9.17) is 33.2 Å². The Morgan fingerprint density at radius 1 is 0.714 bits per heavy atom. The van der Waals surface area contributed by atoms with Gasteiger partial charge in [-0.2, -0.15) is 0 Å². The van der Waals surface area contributed by atoms with Crippen LogP contribution in [-0.2, 0) is 12.8 Å². The third kappa shape index (κ3) is 5.39. The van der Waals surface area contributed by atoms with Gasteiger partial charge in [-0.25, -0.2) is 0 Å². The molecule has 0 saturated carbocycles. The number of ketones is 2. The molecule has 4 aliphatic heterocycles. The Morgan fingerprint density at radius 3 is 2.08 bits per heavy atom. The summed E-state index contributed by atoms with van der Waals surface area (Å²) < 4.78 is 42.3. The van der Waals surface area contributed by atoms with E-state index >= 15 is 0 Å². The molecule has 4 heterocycles. The maximum absolute atomic E-state index is 14.5. The molecule has 254 valence electrons. The second-order valence-electron chi connectivity index (χ2n) is 12.1. The van der Waals surface area contributed by atoms with E-state index in [1.54, 1.807) is 70.9 Å². The fourth-order valence-electron chi connectivity index (χ4n) is 7.10. The van der Waals surface area contributed by atoms with Gasteiger partial charge in [0.1, 0.15) is 11.8 Å². The van der Waals surface area contributed by atoms with Gasteiger partial charge >= 0.3 is 0 Å². The molecule has 0 spiro atoms. The van der Waals surface area contributed by atoms with E-state index in [0.29, 0.717) is 94.4 Å². The molecule has 49 heavy (non-hydrogen) atoms. The lowest BCUT2D eigenvalue weighted by Crippen LogP contribution is -2.37. The van der Waals surface area contributed by atoms with Crippen molar-refractivity contribution in [3.05, 3.63) is 88.0 Å². The highest BCUT2D eigenvalue weighted by Crippen LogP contribution is 2.54. The highest BCUT2D eigenvalue weighted by atomic mass is 16.6. The molecular formula is C38H38N2O9. The molecule has 4 aromatic rings. The highest BCUT2D eigenvalue weighted by molar-refractivity contribution is 6.03. The van der Waals surface area contributed by atoms with E-state index < -0.39 is 12.1 Å². The molecular weight excluding hydrogens is 628 g/mol. The van der Waals surface area contributed by atoms with Crippen molar-refractivity contribution < 1.29 is 42.7 Å². The molecule has 8 rings (SSSR count). The number of carbonyl (C=O) groups is 2. The first-order valence-electron chi connectivity index (χ1n) is 16.0. The lowest BCUT2D eigenvalue weighted by molar-refractivity contribution is 0.0836. The summed E-state index contributed by atoms with van der Waals surface area (Å²) >= 11 is 0. The van der Waals surface area contributed by atoms with Crippen LogP contribution in [0.25, 0.3) is 0 Å². The number of rotatable bonds is 5. The number of methoxy groups -OCH3 is 5. The highest BCUT2D eigenvalue weighted by Gasteiger charge is 2.39. The molecule has 4 aromatic carbocycles. The van der Waals surface area contributed by atoms with Gasteiger partial charge in [0.2, 0.25) is 11.5 Å². The quantitative estimate of drug-likeness (QED) is 0.266. The Labute approximate surface area is 284 Å². The van der Waals surface area contributed by atoms with Crippen LogP contribution in [0.1, 0.15) is 55.1 Å². The molecule has 1 N–H and O–H groups in total. The van der Waals surface area contributed by atoms with E-state index in [1.165, 1.54) is 7.11 Å². The predicted molar refractivity (Wildman–Crippen MR) is 181 cm³/mol. The van der Waals surface area contributed by atoms with Crippen LogP contribution >= 0.6 is 0 Å². The molecule has 11 heteroatoms. The molecule has 2 atom stereocenters. The third-order valence-electron chi connectivity index (χ3n) is 9.52. The minimum Gasteiger partial charge on any atom is -0.493 e. The van der Waals surface area contributed by atoms with Crippen LogP contribution in [0.4, 0.5) is 0 Å². The van der Waals surface area contributed by atoms with Crippen LogP contribution in [0.2, 0.25) is 0 Å². The van der Waals surface area contributed by atoms with Crippen molar-refractivity contribution in [2.24, 2.45) is 0 Å². The maximum Gasteiger partial charge on any atom is 0.204 e. The average molecular weight is 667 g/mol. The van der Waals surface area contributed by atoms with Crippen molar-refractivity contribution in [3.63, 3.8) is 0 Å². The molecule has 8 bridgehead atoms. The number of benzene rings is 4. The van der Waals surface area contributed by atoms with Crippen molar-refractivity contribution in [2.75, 3.05) is 55.7 Å². The molecule has 4 aliphatic rings. The standard InChI is InChI=1S/C38H38N2O9/c1-40-16-14-24-25-19-29(45-4)36(46-5)35(24)49-38-30-21(17-28(44-3)37(38)47-6)13-15-39-31(30)33(41)22-9-12-26(43-2)27(18-22)48-23-10-7-20(8-11-23)34(42)32(25)40/h7-12,17-19,31-32,39H,13-16H2,1-6H3/t31-,32-/m1/s1. The predicted octanol–water partition coefficient (Wildman–Crippen LogP) is 6.11. The summed E-state index contributed by atoms with van der Waals surface area (Å²) in [5.74, 6) is 3.21. The molecule has 0 aromatic heterocycles. The van der Waals surface area contributed by atoms with Gasteiger partial charge in [0.25, 0.3) is 0 Å². The van der Waals surface area contributed by atoms with Gasteiger partial charge in [-0.1, -0.05) is 0 Å². The average Bonchev–Trinajstić information content (AvgIpc) is 3.13. The van der Waals surface area contributed by atoms with Crippen molar-refractivity contribution in [1.82, 2.24) is 10.2 Å². The van der Waals surface area contributed by atoms with Crippen LogP contribution in [0.3, 0.4) is 0 Å². The number of carbonyl (C=O) groups excluding carboxylic acids is 2. The summed E-state index contributed by atoms with van der Waals surface area (Å²) in [7, 11) is 9.65. The van der Waals surface area contributed by atoms with Crippen molar-refractivity contribution >= 4 is 11.6 Å². The van der Waals surface area contributed by atoms with Gasteiger partial charge in [0, 0.05) is 35.3 Å². The minimum atomic E-state index is -0.814. The largest absolute Gasteiger partial charge is 0.493 e. The number of hydrogen-bond donors (Lipinski definition) is 1. The van der Waals surface area contributed by atoms with E-state index in [1.807, 2.05) is 24.1 Å². The number of likely N-dealkylation sites (N-methyl/N-ethyl adjacent to an activating group) is 1. The first-order valence-corrected chi connectivity index (χ1v) is 16.0. The number of fused-ring (bicyclic) bond motifs is 2. The Bertz CT molecular complexity index is 1960. The second-order valence-corrected chi connectivity index (χ2v) is 12.1. The second kappa shape index (κ2) is 13.0. The van der Waals surface area contributed by atoms with Crippen LogP contribution in [0, 0.1) is 0 Å². The van der Waals surface area contributed by atoms with Crippen LogP contribution < -0.4 is 38.5 Å². The molecule has 0 fully saturated rings. The van der Waals surface area contributed by atoms with Gasteiger partial charge in [0.05, 0.1) is 41.6 Å². The summed E-state index contributed by atoms with van der Waals surface area (Å²) in [6.07, 6.45) is 1.17. The smallest absolute Gasteiger partial charge is 0.204 e. The number of nitrogens with one attached hydrogen (secondary N) is 1. The molecule has 11 nitrogen and oxygen atoms in total. The summed E-state index contributed by atoms with van der Waals surface area (Å²) in [6.45, 7) is 1.11. The van der Waals surface area contributed by atoms with Crippen LogP contribution in [0.5, 0.6) is 51.7 Å². The van der Waals surface area contributed by atoms with Gasteiger partial charge in [0.15, 0.2) is 46.1 Å². The molecule has 0 aliphatic carbocycles. The van der Waals surface area contributed by atoms with Crippen LogP contribution in [0.15, 0.2) is 54.6 Å². The number of nitrogens with zero attached hydrogens (tertiary/aromatic N) is 1. The van der Waals surface area contributed by atoms with Gasteiger partial charge in [-0.15, -0.1) is 0 Å². The first-order chi connectivity index (χ1) is 23.8. The topological polar surface area (TPSA) is 114 Å². The lowest BCUT2D eigenvalue weighted by atomic mass is 9.86. The zero-order valence-corrected chi connectivity index (χ0v) is 28.3. The van der Waals surface area contributed by atoms with Crippen molar-refractivity contribution in [3.8, 4) is 51.7 Å². The summed E-state index contributed by atoms with van der Waals surface area (Å²) in [6, 6.07) is 14.3. The molecule has 0 unspecified atom stereocenters. The third-order valence-corrected chi connectivity index (χ3v) is 9.52. The monoisotopic (exact) mass is 666 g/mol. The molecule has 0 amide bonds. The Kier molecular flexibility index (Phi) is 8.56. The van der Waals surface area contributed by atoms with E-state index in [0.717, 1.165) is 16.7 Å². The van der Waals surface area contributed by atoms with Gasteiger partial charge < -0.3 is 38.5 Å². The first kappa shape index (κ1) is 32.3. The number of ether oxygens (including phenoxy) is 7. The van der Waals surface area contributed by atoms with E-state index in [2.05, 4.69) is 5.32 Å². The fraction of sp³-hybridized carbons (Fsp3) is 0.316. The zero-order valence-electron chi connectivity index (χ0n) is 28.3. The number of Topliss-reactive ketones (excluding diaryl/α,β-unsaturated/α-hetero) is 2. The summed E-state index contributed by atoms with van der Waals surface area (Å²) in [4.78, 5) is 30.9. The minimum absolute atomic E-state index is 0.0972. The summed E-state index contributed by atoms with van der Waals surface area (Å²) in [5.41, 5.74) is 3.91. The zero-order chi connectivity index (χ0) is 34.4. The Morgan fingerprint density at radius 2 is 1.39 bits per heavy atom. The van der Waals surface area contributed by atoms with Gasteiger partial charge in [-0.05, 0) is 85.6 Å². The maximum atomic E-state index is 14.5. The Hall–Kier alpha value is -5.26. The summed E-state index contributed by atoms with van der Waals surface area (Å²) in [5, 5.41) is 3.42. The lowest BCUT2D eigenvalue weighted by Gasteiger charge is -2.36. The van der Waals surface area contributed by atoms with E-state index in [-0.39, 0.29) is 11.6 Å². The van der Waals surface area contributed by atoms with Crippen LogP contribution in [-0.4, -0.2) is 72.2 Å². The van der Waals surface area contributed by atoms with Crippen molar-refractivity contribution in [2.45, 2.75) is 24.9 Å². The normalized spacial score (nSPS) is 18.3. The van der Waals surface area contributed by atoms with Crippen molar-refractivity contribution in [1.29, 1.82) is 0 Å². The Balaban J connectivity index is 1.54. The van der Waals surface area contributed by atoms with Gasteiger partial charge in [-0.3, -0.25) is 14.5 Å². The van der Waals surface area contributed by atoms with E-state index in [9.17, 15) is 9.59 Å².